The lowest BCUT2D eigenvalue weighted by atomic mass is 10.0. The maximum Gasteiger partial charge on any atom is 0.253 e. The van der Waals surface area contributed by atoms with Gasteiger partial charge >= 0.3 is 0 Å². The summed E-state index contributed by atoms with van der Waals surface area (Å²) in [6, 6.07) is 7.54. The number of rotatable bonds is 6. The summed E-state index contributed by atoms with van der Waals surface area (Å²) in [4.78, 5) is 27.3. The van der Waals surface area contributed by atoms with E-state index in [0.29, 0.717) is 30.2 Å². The highest BCUT2D eigenvalue weighted by atomic mass is 16.5. The molecule has 1 aromatic carbocycles. The number of benzene rings is 1. The lowest BCUT2D eigenvalue weighted by molar-refractivity contribution is 0.0796. The van der Waals surface area contributed by atoms with Crippen LogP contribution in [0.1, 0.15) is 40.4 Å². The fourth-order valence-corrected chi connectivity index (χ4v) is 2.81. The zero-order valence-electron chi connectivity index (χ0n) is 16.1. The van der Waals surface area contributed by atoms with E-state index in [1.807, 2.05) is 37.4 Å². The van der Waals surface area contributed by atoms with Gasteiger partial charge < -0.3 is 9.42 Å². The van der Waals surface area contributed by atoms with Gasteiger partial charge in [-0.1, -0.05) is 24.2 Å². The maximum absolute atomic E-state index is 12.6. The molecule has 3 aromatic rings. The molecule has 140 valence electrons. The highest BCUT2D eigenvalue weighted by Crippen LogP contribution is 2.22. The van der Waals surface area contributed by atoms with E-state index in [1.165, 1.54) is 0 Å². The van der Waals surface area contributed by atoms with Gasteiger partial charge in [0.2, 0.25) is 5.89 Å². The smallest absolute Gasteiger partial charge is 0.253 e. The molecule has 2 heterocycles. The summed E-state index contributed by atoms with van der Waals surface area (Å²) in [5, 5.41) is 3.85. The largest absolute Gasteiger partial charge is 0.341 e. The molecule has 1 amide bonds. The second-order valence-corrected chi connectivity index (χ2v) is 6.43. The quantitative estimate of drug-likeness (QED) is 0.667. The Morgan fingerprint density at radius 2 is 1.89 bits per heavy atom. The van der Waals surface area contributed by atoms with Gasteiger partial charge in [-0.05, 0) is 31.0 Å². The van der Waals surface area contributed by atoms with Crippen molar-refractivity contribution in [3.05, 3.63) is 59.1 Å². The molecule has 7 nitrogen and oxygen atoms in total. The van der Waals surface area contributed by atoms with Crippen LogP contribution in [0.25, 0.3) is 11.3 Å². The Morgan fingerprint density at radius 1 is 1.15 bits per heavy atom. The van der Waals surface area contributed by atoms with E-state index >= 15 is 0 Å². The van der Waals surface area contributed by atoms with Crippen molar-refractivity contribution in [3.8, 4) is 11.3 Å². The number of nitrogens with zero attached hydrogens (tertiary/aromatic N) is 5. The second-order valence-electron chi connectivity index (χ2n) is 6.43. The van der Waals surface area contributed by atoms with Crippen molar-refractivity contribution >= 4 is 5.91 Å². The number of carbonyl (C=O) groups excluding carboxylic acids is 1. The van der Waals surface area contributed by atoms with Gasteiger partial charge in [0.25, 0.3) is 5.91 Å². The van der Waals surface area contributed by atoms with E-state index in [4.69, 9.17) is 4.52 Å². The molecule has 0 saturated heterocycles. The minimum Gasteiger partial charge on any atom is -0.341 e. The Kier molecular flexibility index (Phi) is 5.59. The van der Waals surface area contributed by atoms with Crippen LogP contribution in [0, 0.1) is 13.8 Å². The molecule has 0 fully saturated rings. The maximum atomic E-state index is 12.6. The van der Waals surface area contributed by atoms with Gasteiger partial charge in [-0.2, -0.15) is 4.98 Å². The summed E-state index contributed by atoms with van der Waals surface area (Å²) < 4.78 is 4.95. The summed E-state index contributed by atoms with van der Waals surface area (Å²) in [5.74, 6) is 1.82. The molecule has 0 aliphatic carbocycles. The van der Waals surface area contributed by atoms with Crippen LogP contribution in [0.15, 0.2) is 35.0 Å². The van der Waals surface area contributed by atoms with E-state index in [2.05, 4.69) is 27.0 Å². The van der Waals surface area contributed by atoms with Crippen molar-refractivity contribution in [2.75, 3.05) is 13.6 Å². The summed E-state index contributed by atoms with van der Waals surface area (Å²) in [6.45, 7) is 6.22. The van der Waals surface area contributed by atoms with Gasteiger partial charge in [0.1, 0.15) is 5.82 Å². The molecule has 0 N–H and O–H groups in total. The average Bonchev–Trinajstić information content (AvgIpc) is 3.11. The summed E-state index contributed by atoms with van der Waals surface area (Å²) in [6.07, 6.45) is 3.27. The normalized spacial score (nSPS) is 10.8. The highest BCUT2D eigenvalue weighted by molar-refractivity contribution is 5.94. The Morgan fingerprint density at radius 3 is 2.52 bits per heavy atom. The molecule has 0 radical (unpaired) electrons. The van der Waals surface area contributed by atoms with Gasteiger partial charge in [-0.25, -0.2) is 9.97 Å². The van der Waals surface area contributed by atoms with Crippen LogP contribution >= 0.6 is 0 Å². The standard InChI is InChI=1S/C20H23N5O2/c1-5-15-12-21-13(2)22-19(15)16-6-8-17(9-7-16)20(26)25(4)11-10-18-23-14(3)27-24-18/h6-9,12H,5,10-11H2,1-4H3. The van der Waals surface area contributed by atoms with Crippen molar-refractivity contribution in [3.63, 3.8) is 0 Å². The first-order valence-corrected chi connectivity index (χ1v) is 8.95. The Labute approximate surface area is 158 Å². The van der Waals surface area contributed by atoms with Crippen molar-refractivity contribution in [2.45, 2.75) is 33.6 Å². The summed E-state index contributed by atoms with van der Waals surface area (Å²) in [5.41, 5.74) is 3.63. The minimum atomic E-state index is -0.0450. The van der Waals surface area contributed by atoms with Crippen LogP contribution in [0.2, 0.25) is 0 Å². The molecule has 0 spiro atoms. The van der Waals surface area contributed by atoms with Gasteiger partial charge in [0.05, 0.1) is 5.69 Å². The van der Waals surface area contributed by atoms with Gasteiger partial charge in [-0.3, -0.25) is 4.79 Å². The number of aryl methyl sites for hydroxylation is 3. The van der Waals surface area contributed by atoms with Crippen molar-refractivity contribution in [1.29, 1.82) is 0 Å². The first-order chi connectivity index (χ1) is 13.0. The predicted molar refractivity (Wildman–Crippen MR) is 101 cm³/mol. The van der Waals surface area contributed by atoms with E-state index in [9.17, 15) is 4.79 Å². The van der Waals surface area contributed by atoms with Crippen molar-refractivity contribution in [2.24, 2.45) is 0 Å². The number of amides is 1. The average molecular weight is 365 g/mol. The summed E-state index contributed by atoms with van der Waals surface area (Å²) in [7, 11) is 1.77. The molecule has 0 atom stereocenters. The van der Waals surface area contributed by atoms with Gasteiger partial charge in [0.15, 0.2) is 5.82 Å². The zero-order valence-corrected chi connectivity index (χ0v) is 16.1. The van der Waals surface area contributed by atoms with Crippen LogP contribution in [-0.4, -0.2) is 44.5 Å². The lowest BCUT2D eigenvalue weighted by Gasteiger charge is -2.16. The molecule has 2 aromatic heterocycles. The van der Waals surface area contributed by atoms with Crippen LogP contribution in [0.4, 0.5) is 0 Å². The lowest BCUT2D eigenvalue weighted by Crippen LogP contribution is -2.29. The molecule has 7 heteroatoms. The van der Waals surface area contributed by atoms with Crippen LogP contribution in [0.3, 0.4) is 0 Å². The Hall–Kier alpha value is -3.09. The fraction of sp³-hybridized carbons (Fsp3) is 0.350. The Balaban J connectivity index is 1.71. The first-order valence-electron chi connectivity index (χ1n) is 8.95. The molecular formula is C20H23N5O2. The second kappa shape index (κ2) is 8.07. The fourth-order valence-electron chi connectivity index (χ4n) is 2.81. The van der Waals surface area contributed by atoms with Gasteiger partial charge in [0, 0.05) is 44.3 Å². The first kappa shape index (κ1) is 18.7. The molecular weight excluding hydrogens is 342 g/mol. The number of hydrogen-bond donors (Lipinski definition) is 0. The molecule has 3 rings (SSSR count). The number of hydrogen-bond acceptors (Lipinski definition) is 6. The Bertz CT molecular complexity index is 934. The third kappa shape index (κ3) is 4.36. The summed E-state index contributed by atoms with van der Waals surface area (Å²) >= 11 is 0. The highest BCUT2D eigenvalue weighted by Gasteiger charge is 2.14. The SMILES string of the molecule is CCc1cnc(C)nc1-c1ccc(C(=O)N(C)CCc2noc(C)n2)cc1. The number of aromatic nitrogens is 4. The van der Waals surface area contributed by atoms with E-state index in [-0.39, 0.29) is 5.91 Å². The van der Waals surface area contributed by atoms with E-state index in [0.717, 1.165) is 29.1 Å². The van der Waals surface area contributed by atoms with Crippen LogP contribution < -0.4 is 0 Å². The van der Waals surface area contributed by atoms with E-state index in [1.54, 1.807) is 18.9 Å². The molecule has 0 bridgehead atoms. The molecule has 0 unspecified atom stereocenters. The van der Waals surface area contributed by atoms with Gasteiger partial charge in [-0.15, -0.1) is 0 Å². The molecule has 0 saturated carbocycles. The minimum absolute atomic E-state index is 0.0450. The predicted octanol–water partition coefficient (Wildman–Crippen LogP) is 3.02. The van der Waals surface area contributed by atoms with Crippen molar-refractivity contribution < 1.29 is 9.32 Å². The van der Waals surface area contributed by atoms with Crippen LogP contribution in [0.5, 0.6) is 0 Å². The van der Waals surface area contributed by atoms with E-state index < -0.39 is 0 Å². The topological polar surface area (TPSA) is 85.0 Å². The van der Waals surface area contributed by atoms with Crippen LogP contribution in [-0.2, 0) is 12.8 Å². The number of likely N-dealkylation sites (N-methyl/N-ethyl adjacent to an activating group) is 1. The molecule has 0 aliphatic heterocycles. The zero-order chi connectivity index (χ0) is 19.4. The monoisotopic (exact) mass is 365 g/mol. The third-order valence-corrected chi connectivity index (χ3v) is 4.36. The molecule has 0 aliphatic rings. The third-order valence-electron chi connectivity index (χ3n) is 4.36. The molecule has 27 heavy (non-hydrogen) atoms. The number of carbonyl (C=O) groups is 1. The van der Waals surface area contributed by atoms with Crippen molar-refractivity contribution in [1.82, 2.24) is 25.0 Å².